The number of fused-ring (bicyclic) bond motifs is 2. The van der Waals surface area contributed by atoms with Gasteiger partial charge in [-0.1, -0.05) is 40.7 Å². The van der Waals surface area contributed by atoms with Gasteiger partial charge in [-0.3, -0.25) is 0 Å². The van der Waals surface area contributed by atoms with Gasteiger partial charge in [0.2, 0.25) is 0 Å². The fourth-order valence-corrected chi connectivity index (χ4v) is 4.00. The second kappa shape index (κ2) is 7.48. The summed E-state index contributed by atoms with van der Waals surface area (Å²) in [5, 5.41) is 0. The largest absolute Gasteiger partial charge is 0.418 e. The minimum atomic E-state index is -4.65. The number of nitrogens with zero attached hydrogens (tertiary/aromatic N) is 2. The van der Waals surface area contributed by atoms with Crippen LogP contribution in [0.25, 0.3) is 22.1 Å². The number of halogens is 6. The van der Waals surface area contributed by atoms with Crippen molar-refractivity contribution in [2.24, 2.45) is 0 Å². The Bertz CT molecular complexity index is 1370. The molecule has 2 heterocycles. The van der Waals surface area contributed by atoms with E-state index in [0.717, 1.165) is 12.1 Å². The van der Waals surface area contributed by atoms with Crippen LogP contribution in [0.5, 0.6) is 0 Å². The summed E-state index contributed by atoms with van der Waals surface area (Å²) in [6.07, 6.45) is -9.22. The zero-order chi connectivity index (χ0) is 25.3. The van der Waals surface area contributed by atoms with Gasteiger partial charge in [-0.15, -0.1) is 0 Å². The first-order chi connectivity index (χ1) is 15.5. The summed E-state index contributed by atoms with van der Waals surface area (Å²) in [7, 11) is 0. The molecule has 4 aromatic rings. The molecule has 2 aromatic heterocycles. The molecule has 0 saturated heterocycles. The summed E-state index contributed by atoms with van der Waals surface area (Å²) < 4.78 is 81.8. The summed E-state index contributed by atoms with van der Waals surface area (Å²) in [5.41, 5.74) is -2.40. The van der Waals surface area contributed by atoms with Gasteiger partial charge in [0.1, 0.15) is 17.2 Å². The molecule has 0 atom stereocenters. The zero-order valence-electron chi connectivity index (χ0n) is 19.3. The number of H-pyrrole nitrogens is 2. The molecule has 0 amide bonds. The number of aromatic nitrogens is 4. The average Bonchev–Trinajstić information content (AvgIpc) is 3.29. The van der Waals surface area contributed by atoms with Crippen LogP contribution in [0.15, 0.2) is 30.3 Å². The molecule has 10 heteroatoms. The number of nitrogens with one attached hydrogen (secondary N) is 2. The van der Waals surface area contributed by atoms with Crippen LogP contribution in [0.3, 0.4) is 0 Å². The summed E-state index contributed by atoms with van der Waals surface area (Å²) in [4.78, 5) is 14.5. The quantitative estimate of drug-likeness (QED) is 0.301. The Kier molecular flexibility index (Phi) is 5.30. The van der Waals surface area contributed by atoms with Crippen LogP contribution < -0.4 is 0 Å². The van der Waals surface area contributed by atoms with Crippen LogP contribution in [-0.2, 0) is 29.6 Å². The first-order valence-corrected chi connectivity index (χ1v) is 10.6. The fourth-order valence-electron chi connectivity index (χ4n) is 4.00. The first kappa shape index (κ1) is 24.1. The number of hydrogen-bond donors (Lipinski definition) is 2. The summed E-state index contributed by atoms with van der Waals surface area (Å²) >= 11 is 0. The van der Waals surface area contributed by atoms with E-state index in [2.05, 4.69) is 19.9 Å². The molecular weight excluding hydrogens is 458 g/mol. The van der Waals surface area contributed by atoms with Crippen molar-refractivity contribution in [3.8, 4) is 0 Å². The summed E-state index contributed by atoms with van der Waals surface area (Å²) in [6.45, 7) is 8.96. The molecule has 2 aromatic carbocycles. The Morgan fingerprint density at radius 3 is 1.94 bits per heavy atom. The predicted octanol–water partition coefficient (Wildman–Crippen LogP) is 7.29. The van der Waals surface area contributed by atoms with Crippen LogP contribution in [0.4, 0.5) is 26.3 Å². The summed E-state index contributed by atoms with van der Waals surface area (Å²) in [6, 6.07) is 6.14. The molecule has 4 rings (SSSR count). The van der Waals surface area contributed by atoms with Gasteiger partial charge in [0, 0.05) is 10.8 Å². The van der Waals surface area contributed by atoms with E-state index in [0.29, 0.717) is 22.7 Å². The Morgan fingerprint density at radius 2 is 1.35 bits per heavy atom. The van der Waals surface area contributed by atoms with Crippen molar-refractivity contribution < 1.29 is 26.3 Å². The maximum absolute atomic E-state index is 14.2. The predicted molar refractivity (Wildman–Crippen MR) is 118 cm³/mol. The second-order valence-electron chi connectivity index (χ2n) is 10.2. The topological polar surface area (TPSA) is 57.4 Å². The molecule has 0 aliphatic carbocycles. The molecular formula is C24H24F6N4. The first-order valence-electron chi connectivity index (χ1n) is 10.6. The van der Waals surface area contributed by atoms with Gasteiger partial charge >= 0.3 is 12.4 Å². The monoisotopic (exact) mass is 482 g/mol. The van der Waals surface area contributed by atoms with Crippen molar-refractivity contribution in [1.82, 2.24) is 19.9 Å². The summed E-state index contributed by atoms with van der Waals surface area (Å²) in [5.74, 6) is 0.745. The number of hydrogen-bond acceptors (Lipinski definition) is 2. The molecule has 0 unspecified atom stereocenters. The van der Waals surface area contributed by atoms with E-state index in [4.69, 9.17) is 0 Å². The minimum Gasteiger partial charge on any atom is -0.342 e. The molecule has 34 heavy (non-hydrogen) atoms. The molecule has 0 aliphatic rings. The van der Waals surface area contributed by atoms with E-state index in [-0.39, 0.29) is 23.0 Å². The van der Waals surface area contributed by atoms with E-state index < -0.39 is 34.3 Å². The SMILES string of the molecule is CC(C)(C)c1nc2c(C(F)(F)F)c(CC(C)(C)c3nc4cc(C(F)(F)F)ccc4[nH]3)ccc2[nH]1. The van der Waals surface area contributed by atoms with Crippen molar-refractivity contribution in [3.63, 3.8) is 0 Å². The number of imidazole rings is 2. The second-order valence-corrected chi connectivity index (χ2v) is 10.2. The fraction of sp³-hybridized carbons (Fsp3) is 0.417. The molecule has 0 aliphatic heterocycles. The number of alkyl halides is 6. The van der Waals surface area contributed by atoms with Gasteiger partial charge in [0.25, 0.3) is 0 Å². The molecule has 0 fully saturated rings. The van der Waals surface area contributed by atoms with Gasteiger partial charge in [0.05, 0.1) is 27.7 Å². The van der Waals surface area contributed by atoms with Crippen molar-refractivity contribution in [3.05, 3.63) is 58.7 Å². The van der Waals surface area contributed by atoms with Crippen molar-refractivity contribution in [2.75, 3.05) is 0 Å². The van der Waals surface area contributed by atoms with E-state index in [1.807, 2.05) is 20.8 Å². The molecule has 0 saturated carbocycles. The minimum absolute atomic E-state index is 0.0356. The molecule has 0 radical (unpaired) electrons. The highest BCUT2D eigenvalue weighted by atomic mass is 19.4. The Morgan fingerprint density at radius 1 is 0.735 bits per heavy atom. The Hall–Kier alpha value is -3.04. The Labute approximate surface area is 191 Å². The van der Waals surface area contributed by atoms with Crippen molar-refractivity contribution >= 4 is 22.1 Å². The maximum Gasteiger partial charge on any atom is 0.418 e. The van der Waals surface area contributed by atoms with Gasteiger partial charge in [-0.05, 0) is 36.2 Å². The van der Waals surface area contributed by atoms with E-state index in [1.165, 1.54) is 12.1 Å². The lowest BCUT2D eigenvalue weighted by molar-refractivity contribution is -0.138. The highest BCUT2D eigenvalue weighted by molar-refractivity contribution is 5.81. The number of rotatable bonds is 3. The molecule has 0 bridgehead atoms. The molecule has 182 valence electrons. The van der Waals surface area contributed by atoms with E-state index >= 15 is 0 Å². The number of benzene rings is 2. The van der Waals surface area contributed by atoms with Crippen LogP contribution >= 0.6 is 0 Å². The van der Waals surface area contributed by atoms with Gasteiger partial charge < -0.3 is 9.97 Å². The lowest BCUT2D eigenvalue weighted by Gasteiger charge is -2.24. The van der Waals surface area contributed by atoms with E-state index in [1.54, 1.807) is 19.9 Å². The number of aromatic amines is 2. The molecule has 0 spiro atoms. The maximum atomic E-state index is 14.2. The van der Waals surface area contributed by atoms with Crippen LogP contribution in [0, 0.1) is 0 Å². The third-order valence-electron chi connectivity index (χ3n) is 5.82. The van der Waals surface area contributed by atoms with Crippen LogP contribution in [-0.4, -0.2) is 19.9 Å². The van der Waals surface area contributed by atoms with Crippen LogP contribution in [0.1, 0.15) is 63.0 Å². The zero-order valence-corrected chi connectivity index (χ0v) is 19.3. The third kappa shape index (κ3) is 4.37. The molecule has 4 nitrogen and oxygen atoms in total. The van der Waals surface area contributed by atoms with Crippen molar-refractivity contribution in [1.29, 1.82) is 0 Å². The lowest BCUT2D eigenvalue weighted by Crippen LogP contribution is -2.24. The van der Waals surface area contributed by atoms with E-state index in [9.17, 15) is 26.3 Å². The smallest absolute Gasteiger partial charge is 0.342 e. The lowest BCUT2D eigenvalue weighted by atomic mass is 9.83. The van der Waals surface area contributed by atoms with Crippen molar-refractivity contribution in [2.45, 2.75) is 64.2 Å². The highest BCUT2D eigenvalue weighted by Crippen LogP contribution is 2.40. The van der Waals surface area contributed by atoms with Gasteiger partial charge in [-0.25, -0.2) is 9.97 Å². The third-order valence-corrected chi connectivity index (χ3v) is 5.82. The Balaban J connectivity index is 1.79. The van der Waals surface area contributed by atoms with Crippen LogP contribution in [0.2, 0.25) is 0 Å². The highest BCUT2D eigenvalue weighted by Gasteiger charge is 2.39. The van der Waals surface area contributed by atoms with Gasteiger partial charge in [0.15, 0.2) is 0 Å². The molecule has 2 N–H and O–H groups in total. The van der Waals surface area contributed by atoms with Gasteiger partial charge in [-0.2, -0.15) is 26.3 Å². The standard InChI is InChI=1S/C24H24F6N4/c1-21(2,3)19-32-15-8-6-12(17(18(15)34-19)24(28,29)30)11-22(4,5)20-31-14-9-7-13(23(25,26)27)10-16(14)33-20/h6-10H,11H2,1-5H3,(H,31,33)(H,32,34). The average molecular weight is 482 g/mol. The normalized spacial score (nSPS) is 13.9.